The van der Waals surface area contributed by atoms with Crippen LogP contribution in [-0.4, -0.2) is 44.0 Å². The van der Waals surface area contributed by atoms with Gasteiger partial charge in [-0.1, -0.05) is 11.6 Å². The molecule has 3 rings (SSSR count). The Labute approximate surface area is 129 Å². The second-order valence-electron chi connectivity index (χ2n) is 4.71. The van der Waals surface area contributed by atoms with Crippen molar-refractivity contribution in [3.05, 3.63) is 15.3 Å². The molecule has 0 aliphatic carbocycles. The van der Waals surface area contributed by atoms with Crippen LogP contribution >= 0.6 is 51.1 Å². The first kappa shape index (κ1) is 13.6. The van der Waals surface area contributed by atoms with Crippen molar-refractivity contribution in [2.75, 3.05) is 25.1 Å². The molecule has 1 aromatic heterocycles. The fraction of sp³-hybridized carbons (Fsp3) is 0.727. The van der Waals surface area contributed by atoms with Crippen molar-refractivity contribution >= 4 is 51.1 Å². The SMILES string of the molecule is CN1CCC(c2c(Br)nn(C)c2Cl)C12SCCS2. The molecule has 2 fully saturated rings. The number of hydrogen-bond acceptors (Lipinski definition) is 4. The molecular formula is C11H15BrClN3S2. The van der Waals surface area contributed by atoms with Gasteiger partial charge in [-0.15, -0.1) is 23.5 Å². The minimum atomic E-state index is 0.162. The van der Waals surface area contributed by atoms with Gasteiger partial charge in [-0.2, -0.15) is 5.10 Å². The van der Waals surface area contributed by atoms with Crippen LogP contribution in [0.2, 0.25) is 5.15 Å². The lowest BCUT2D eigenvalue weighted by molar-refractivity contribution is 0.355. The number of rotatable bonds is 1. The van der Waals surface area contributed by atoms with Crippen LogP contribution in [0.15, 0.2) is 4.60 Å². The lowest BCUT2D eigenvalue weighted by Crippen LogP contribution is -2.36. The molecule has 0 saturated carbocycles. The topological polar surface area (TPSA) is 21.1 Å². The monoisotopic (exact) mass is 367 g/mol. The number of aryl methyl sites for hydroxylation is 1. The molecule has 0 bridgehead atoms. The maximum absolute atomic E-state index is 6.44. The second kappa shape index (κ2) is 4.88. The van der Waals surface area contributed by atoms with Crippen molar-refractivity contribution in [2.24, 2.45) is 7.05 Å². The van der Waals surface area contributed by atoms with Gasteiger partial charge >= 0.3 is 0 Å². The number of nitrogens with zero attached hydrogens (tertiary/aromatic N) is 3. The minimum Gasteiger partial charge on any atom is -0.283 e. The molecular weight excluding hydrogens is 354 g/mol. The van der Waals surface area contributed by atoms with Gasteiger partial charge in [0.1, 0.15) is 14.0 Å². The highest BCUT2D eigenvalue weighted by atomic mass is 79.9. The van der Waals surface area contributed by atoms with Gasteiger partial charge in [0.25, 0.3) is 0 Å². The molecule has 3 heterocycles. The Balaban J connectivity index is 2.05. The molecule has 3 nitrogen and oxygen atoms in total. The van der Waals surface area contributed by atoms with Crippen molar-refractivity contribution in [1.82, 2.24) is 14.7 Å². The van der Waals surface area contributed by atoms with Crippen molar-refractivity contribution in [1.29, 1.82) is 0 Å². The zero-order valence-electron chi connectivity index (χ0n) is 10.3. The summed E-state index contributed by atoms with van der Waals surface area (Å²) in [5.74, 6) is 2.90. The average molecular weight is 369 g/mol. The molecule has 2 aliphatic rings. The number of likely N-dealkylation sites (N-methyl/N-ethyl adjacent to an activating group) is 1. The van der Waals surface area contributed by atoms with Crippen LogP contribution in [0.1, 0.15) is 17.9 Å². The predicted molar refractivity (Wildman–Crippen MR) is 83.6 cm³/mol. The summed E-state index contributed by atoms with van der Waals surface area (Å²) in [6.45, 7) is 1.13. The zero-order chi connectivity index (χ0) is 12.9. The van der Waals surface area contributed by atoms with Gasteiger partial charge in [-0.25, -0.2) is 0 Å². The van der Waals surface area contributed by atoms with Crippen molar-refractivity contribution in [3.63, 3.8) is 0 Å². The van der Waals surface area contributed by atoms with E-state index in [1.54, 1.807) is 4.68 Å². The third-order valence-corrected chi connectivity index (χ3v) is 8.58. The van der Waals surface area contributed by atoms with E-state index in [0.29, 0.717) is 5.92 Å². The van der Waals surface area contributed by atoms with Crippen LogP contribution in [0.25, 0.3) is 0 Å². The summed E-state index contributed by atoms with van der Waals surface area (Å²) in [4.78, 5) is 2.48. The molecule has 1 spiro atoms. The van der Waals surface area contributed by atoms with Gasteiger partial charge in [0.2, 0.25) is 0 Å². The first-order valence-electron chi connectivity index (χ1n) is 5.93. The smallest absolute Gasteiger partial charge is 0.133 e. The molecule has 0 N–H and O–H groups in total. The van der Waals surface area contributed by atoms with Gasteiger partial charge in [0.05, 0.1) is 0 Å². The standard InChI is InChI=1S/C11H15BrClN3S2/c1-15-4-3-7(11(15)17-5-6-18-11)8-9(12)14-16(2)10(8)13/h7H,3-6H2,1-2H3. The third kappa shape index (κ3) is 1.87. The number of aromatic nitrogens is 2. The van der Waals surface area contributed by atoms with Gasteiger partial charge in [0.15, 0.2) is 0 Å². The highest BCUT2D eigenvalue weighted by molar-refractivity contribution is 9.10. The van der Waals surface area contributed by atoms with E-state index in [1.165, 1.54) is 17.1 Å². The Bertz CT molecular complexity index is 473. The summed E-state index contributed by atoms with van der Waals surface area (Å²) >= 11 is 14.1. The van der Waals surface area contributed by atoms with Crippen LogP contribution < -0.4 is 0 Å². The molecule has 1 unspecified atom stereocenters. The molecule has 2 aliphatic heterocycles. The maximum atomic E-state index is 6.44. The lowest BCUT2D eigenvalue weighted by atomic mass is 10.0. The van der Waals surface area contributed by atoms with E-state index in [0.717, 1.165) is 22.7 Å². The molecule has 0 radical (unpaired) electrons. The highest BCUT2D eigenvalue weighted by Gasteiger charge is 2.52. The van der Waals surface area contributed by atoms with E-state index >= 15 is 0 Å². The van der Waals surface area contributed by atoms with Gasteiger partial charge < -0.3 is 0 Å². The number of halogens is 2. The van der Waals surface area contributed by atoms with E-state index < -0.39 is 0 Å². The first-order valence-corrected chi connectivity index (χ1v) is 9.07. The third-order valence-electron chi connectivity index (χ3n) is 3.74. The number of thioether (sulfide) groups is 2. The minimum absolute atomic E-state index is 0.162. The summed E-state index contributed by atoms with van der Waals surface area (Å²) in [6, 6.07) is 0. The Kier molecular flexibility index (Phi) is 3.69. The largest absolute Gasteiger partial charge is 0.283 e. The summed E-state index contributed by atoms with van der Waals surface area (Å²) in [6.07, 6.45) is 1.15. The summed E-state index contributed by atoms with van der Waals surface area (Å²) in [5, 5.41) is 5.17. The van der Waals surface area contributed by atoms with Crippen molar-refractivity contribution in [3.8, 4) is 0 Å². The van der Waals surface area contributed by atoms with E-state index in [1.807, 2.05) is 7.05 Å². The molecule has 100 valence electrons. The first-order chi connectivity index (χ1) is 8.56. The van der Waals surface area contributed by atoms with Crippen LogP contribution in [0, 0.1) is 0 Å². The van der Waals surface area contributed by atoms with E-state index in [4.69, 9.17) is 11.6 Å². The summed E-state index contributed by atoms with van der Waals surface area (Å²) in [7, 11) is 4.13. The van der Waals surface area contributed by atoms with Gasteiger partial charge in [0, 0.05) is 36.6 Å². The van der Waals surface area contributed by atoms with Crippen molar-refractivity contribution < 1.29 is 0 Å². The molecule has 0 amide bonds. The average Bonchev–Trinajstić information content (AvgIpc) is 2.98. The van der Waals surface area contributed by atoms with Gasteiger partial charge in [-0.05, 0) is 29.4 Å². The predicted octanol–water partition coefficient (Wildman–Crippen LogP) is 3.39. The molecule has 18 heavy (non-hydrogen) atoms. The molecule has 0 aromatic carbocycles. The van der Waals surface area contributed by atoms with Crippen LogP contribution in [0.4, 0.5) is 0 Å². The number of likely N-dealkylation sites (tertiary alicyclic amines) is 1. The summed E-state index contributed by atoms with van der Waals surface area (Å²) < 4.78 is 2.83. The highest BCUT2D eigenvalue weighted by Crippen LogP contribution is 2.60. The Morgan fingerprint density at radius 1 is 1.39 bits per heavy atom. The van der Waals surface area contributed by atoms with Crippen molar-refractivity contribution in [2.45, 2.75) is 16.5 Å². The van der Waals surface area contributed by atoms with E-state index in [9.17, 15) is 0 Å². The normalized spacial score (nSPS) is 27.4. The van der Waals surface area contributed by atoms with Gasteiger partial charge in [-0.3, -0.25) is 9.58 Å². The maximum Gasteiger partial charge on any atom is 0.133 e. The number of hydrogen-bond donors (Lipinski definition) is 0. The van der Waals surface area contributed by atoms with Crippen LogP contribution in [0.3, 0.4) is 0 Å². The van der Waals surface area contributed by atoms with E-state index in [2.05, 4.69) is 56.5 Å². The Hall–Kier alpha value is 0.640. The fourth-order valence-corrected chi connectivity index (χ4v) is 7.53. The Morgan fingerprint density at radius 2 is 2.06 bits per heavy atom. The van der Waals surface area contributed by atoms with E-state index in [-0.39, 0.29) is 4.20 Å². The molecule has 1 atom stereocenters. The van der Waals surface area contributed by atoms with Crippen LogP contribution in [-0.2, 0) is 7.05 Å². The Morgan fingerprint density at radius 3 is 2.61 bits per heavy atom. The molecule has 2 saturated heterocycles. The molecule has 1 aromatic rings. The second-order valence-corrected chi connectivity index (χ2v) is 8.72. The zero-order valence-corrected chi connectivity index (χ0v) is 14.3. The van der Waals surface area contributed by atoms with Crippen LogP contribution in [0.5, 0.6) is 0 Å². The fourth-order valence-electron chi connectivity index (χ4n) is 2.87. The lowest BCUT2D eigenvalue weighted by Gasteiger charge is -2.35. The summed E-state index contributed by atoms with van der Waals surface area (Å²) in [5.41, 5.74) is 1.19. The quantitative estimate of drug-likeness (QED) is 0.757. The molecule has 7 heteroatoms.